The van der Waals surface area contributed by atoms with Gasteiger partial charge in [0.15, 0.2) is 0 Å². The largest absolute Gasteiger partial charge is 0.330 e. The Morgan fingerprint density at radius 1 is 0.119 bits per heavy atom. The van der Waals surface area contributed by atoms with Gasteiger partial charge in [-0.05, 0) is 443 Å². The van der Waals surface area contributed by atoms with E-state index in [4.69, 9.17) is 68.8 Å². The molecule has 118 heavy (non-hydrogen) atoms. The quantitative estimate of drug-likeness (QED) is 0.0251. The molecule has 0 spiro atoms. The van der Waals surface area contributed by atoms with E-state index < -0.39 is 0 Å². The molecule has 0 aliphatic rings. The molecule has 50 heteroatoms. The summed E-state index contributed by atoms with van der Waals surface area (Å²) in [4.78, 5) is 7.08. The van der Waals surface area contributed by atoms with Gasteiger partial charge in [0.25, 0.3) is 0 Å². The van der Waals surface area contributed by atoms with Gasteiger partial charge in [0.1, 0.15) is 0 Å². The normalized spacial score (nSPS) is 8.69. The van der Waals surface area contributed by atoms with Gasteiger partial charge in [0.2, 0.25) is 0 Å². The highest BCUT2D eigenvalue weighted by atomic mass is 79.9. The summed E-state index contributed by atoms with van der Waals surface area (Å²) in [6, 6.07) is 0. The van der Waals surface area contributed by atoms with Crippen LogP contribution in [0.25, 0.3) is 0 Å². The Labute approximate surface area is 990 Å². The van der Waals surface area contributed by atoms with Crippen molar-refractivity contribution in [2.24, 2.45) is 68.8 Å². The third-order valence-corrected chi connectivity index (χ3v) is 14.8. The molecule has 0 radical (unpaired) electrons. The van der Waals surface area contributed by atoms with Crippen LogP contribution < -0.4 is 122 Å². The molecular formula is C68H198Br25N25. The average molecular weight is 3360 g/mol. The smallest absolute Gasteiger partial charge is 0.000968 e. The Balaban J connectivity index is -0.0000000256. The van der Waals surface area contributed by atoms with Crippen LogP contribution in [0.4, 0.5) is 0 Å². The van der Waals surface area contributed by atoms with Crippen LogP contribution in [0, 0.1) is 0 Å². The Bertz CT molecular complexity index is 1100. The molecule has 0 fully saturated rings. The van der Waals surface area contributed by atoms with E-state index in [1.807, 2.05) is 0 Å². The maximum Gasteiger partial charge on any atom is -0.000968 e. The molecule has 0 aromatic carbocycles. The van der Waals surface area contributed by atoms with E-state index in [0.29, 0.717) is 0 Å². The van der Waals surface area contributed by atoms with Crippen LogP contribution in [-0.2, 0) is 0 Å². The van der Waals surface area contributed by atoms with Crippen LogP contribution in [0.5, 0.6) is 0 Å². The lowest BCUT2D eigenvalue weighted by atomic mass is 10.3. The zero-order chi connectivity index (χ0) is 69.8. The van der Waals surface area contributed by atoms with Crippen molar-refractivity contribution < 1.29 is 0 Å². The molecule has 0 saturated heterocycles. The highest BCUT2D eigenvalue weighted by molar-refractivity contribution is 8.95. The monoisotopic (exact) mass is 3340 g/mol. The first-order chi connectivity index (χ1) is 45.7. The van der Waals surface area contributed by atoms with Gasteiger partial charge < -0.3 is 137 Å². The lowest BCUT2D eigenvalue weighted by Crippen LogP contribution is -2.28. The second-order valence-electron chi connectivity index (χ2n) is 24.4. The van der Waals surface area contributed by atoms with Gasteiger partial charge >= 0.3 is 0 Å². The molecule has 0 bridgehead atoms. The molecule has 0 rings (SSSR count). The highest BCUT2D eigenvalue weighted by Crippen LogP contribution is 1.94. The van der Waals surface area contributed by atoms with Crippen LogP contribution in [0.2, 0.25) is 0 Å². The van der Waals surface area contributed by atoms with Gasteiger partial charge in [-0.15, -0.1) is 425 Å². The molecule has 0 unspecified atom stereocenters. The first kappa shape index (κ1) is 220. The van der Waals surface area contributed by atoms with Crippen LogP contribution >= 0.6 is 425 Å². The van der Waals surface area contributed by atoms with E-state index in [2.05, 4.69) is 89.0 Å². The van der Waals surface area contributed by atoms with Gasteiger partial charge in [-0.3, -0.25) is 0 Å². The third-order valence-electron chi connectivity index (χ3n) is 14.8. The molecule has 770 valence electrons. The number of rotatable bonds is 72. The lowest BCUT2D eigenvalue weighted by molar-refractivity contribution is 0.320. The minimum Gasteiger partial charge on any atom is -0.330 e. The van der Waals surface area contributed by atoms with Crippen molar-refractivity contribution in [3.05, 3.63) is 0 Å². The Morgan fingerprint density at radius 2 is 0.212 bits per heavy atom. The minimum atomic E-state index is 0. The Hall–Kier alpha value is 11.0. The van der Waals surface area contributed by atoms with Crippen molar-refractivity contribution in [3.8, 4) is 0 Å². The van der Waals surface area contributed by atoms with Crippen molar-refractivity contribution in [2.75, 3.05) is 270 Å². The predicted molar refractivity (Wildman–Crippen MR) is 673 cm³/mol. The fraction of sp³-hybridized carbons (Fsp3) is 1.00. The lowest BCUT2D eigenvalue weighted by Gasteiger charge is -2.16. The summed E-state index contributed by atoms with van der Waals surface area (Å²) in [5.74, 6) is 0. The molecular weight excluding hydrogens is 3160 g/mol. The number of nitrogens with one attached hydrogen (secondary N) is 10. The molecule has 0 amide bonds. The zero-order valence-electron chi connectivity index (χ0n) is 72.4. The second kappa shape index (κ2) is 229. The number of halogens is 25. The van der Waals surface area contributed by atoms with E-state index in [0.717, 1.165) is 300 Å². The molecule has 0 aliphatic heterocycles. The molecule has 0 heterocycles. The summed E-state index contributed by atoms with van der Waals surface area (Å²) < 4.78 is 0. The van der Waals surface area contributed by atoms with Crippen molar-refractivity contribution in [2.45, 2.75) is 173 Å². The van der Waals surface area contributed by atoms with E-state index in [1.165, 1.54) is 122 Å². The fourth-order valence-electron chi connectivity index (χ4n) is 8.83. The van der Waals surface area contributed by atoms with Crippen molar-refractivity contribution in [1.29, 1.82) is 0 Å². The summed E-state index contributed by atoms with van der Waals surface area (Å²) in [5, 5.41) is 34.2. The van der Waals surface area contributed by atoms with Gasteiger partial charge in [-0.2, -0.15) is 0 Å². The summed E-state index contributed by atoms with van der Waals surface area (Å²) >= 11 is 0. The van der Waals surface area contributed by atoms with Crippen LogP contribution in [0.3, 0.4) is 0 Å². The third kappa shape index (κ3) is 255. The van der Waals surface area contributed by atoms with Gasteiger partial charge in [0, 0.05) is 0 Å². The predicted octanol–water partition coefficient (Wildman–Crippen LogP) is 14.1. The standard InChI is InChI=1S/C15H37N5.C13H33N5.3C11H28N4.C7H19N3.25BrH/c1-20(14-6-12-18-10-4-2-8-16)15-7-13-19-11-5-3-9-17;1-18(12-4-10-16-8-2-6-14)13-5-11-17-9-3-7-15;3*12-6-1-3-8-14-10-5-11-15-9-4-2-7-13;1-10(6-2-4-8)7-3-5-9;;;;;;;;;;;;;;;;;;;;;;;;;/h18-19H,2-17H2,1H3;16-17H,2-15H2,1H3;3*14-15H,1-13H2;2-9H2,1H3;25*1H. The first-order valence-electron chi connectivity index (χ1n) is 38.2. The molecule has 0 atom stereocenters. The number of nitrogens with zero attached hydrogens (tertiary/aromatic N) is 3. The summed E-state index contributed by atoms with van der Waals surface area (Å²) in [7, 11) is 6.51. The maximum atomic E-state index is 5.46. The number of nitrogens with two attached hydrogens (primary N) is 12. The van der Waals surface area contributed by atoms with Gasteiger partial charge in [0.05, 0.1) is 0 Å². The Morgan fingerprint density at radius 3 is 0.331 bits per heavy atom. The van der Waals surface area contributed by atoms with E-state index in [1.54, 1.807) is 0 Å². The molecule has 0 aromatic rings. The molecule has 34 N–H and O–H groups in total. The average Bonchev–Trinajstić information content (AvgIpc) is 1.05. The van der Waals surface area contributed by atoms with Gasteiger partial charge in [-0.1, -0.05) is 0 Å². The molecule has 0 aromatic heterocycles. The van der Waals surface area contributed by atoms with Gasteiger partial charge in [-0.25, -0.2) is 0 Å². The fourth-order valence-corrected chi connectivity index (χ4v) is 8.83. The van der Waals surface area contributed by atoms with Crippen LogP contribution in [0.1, 0.15) is 173 Å². The highest BCUT2D eigenvalue weighted by Gasteiger charge is 2.01. The summed E-state index contributed by atoms with van der Waals surface area (Å²) in [5.41, 5.74) is 64.9. The second-order valence-corrected chi connectivity index (χ2v) is 24.4. The number of hydrogen-bond donors (Lipinski definition) is 22. The molecule has 0 saturated carbocycles. The zero-order valence-corrected chi connectivity index (χ0v) is 115. The van der Waals surface area contributed by atoms with E-state index in [9.17, 15) is 0 Å². The number of unbranched alkanes of at least 4 members (excludes halogenated alkanes) is 8. The molecule has 25 nitrogen and oxygen atoms in total. The SMILES string of the molecule is Br.Br.Br.Br.Br.Br.Br.Br.Br.Br.Br.Br.Br.Br.Br.Br.Br.Br.Br.Br.Br.Br.Br.Br.Br.CN(CCCN)CCCN.CN(CCCNCCCCN)CCCNCCCCN.CN(CCCNCCCN)CCCNCCCN.NCCCCNCCCNCCCCN.NCCCCNCCCNCCCCN.NCCCCNCCCNCCCCN. The maximum absolute atomic E-state index is 5.46. The first-order valence-corrected chi connectivity index (χ1v) is 38.2. The van der Waals surface area contributed by atoms with Crippen LogP contribution in [-0.4, -0.2) is 285 Å². The van der Waals surface area contributed by atoms with Crippen molar-refractivity contribution in [3.63, 3.8) is 0 Å². The van der Waals surface area contributed by atoms with Crippen LogP contribution in [0.15, 0.2) is 0 Å². The molecule has 0 aliphatic carbocycles. The topological polar surface area (TPSA) is 442 Å². The number of hydrogen-bond acceptors (Lipinski definition) is 25. The van der Waals surface area contributed by atoms with E-state index >= 15 is 0 Å². The Kier molecular flexibility index (Phi) is 427. The summed E-state index contributed by atoms with van der Waals surface area (Å²) in [6.07, 6.45) is 31.4. The van der Waals surface area contributed by atoms with E-state index in [-0.39, 0.29) is 425 Å². The van der Waals surface area contributed by atoms with Crippen molar-refractivity contribution >= 4 is 425 Å². The minimum absolute atomic E-state index is 0. The van der Waals surface area contributed by atoms with Crippen molar-refractivity contribution in [1.82, 2.24) is 67.9 Å². The summed E-state index contributed by atoms with van der Waals surface area (Å²) in [6.45, 7) is 38.5.